The third-order valence-corrected chi connectivity index (χ3v) is 5.59. The number of amides is 1. The average molecular weight is 441 g/mol. The zero-order valence-corrected chi connectivity index (χ0v) is 18.2. The Bertz CT molecular complexity index is 1280. The number of ether oxygens (including phenoxy) is 1. The van der Waals surface area contributed by atoms with Crippen LogP contribution in [0.25, 0.3) is 6.08 Å². The van der Waals surface area contributed by atoms with Gasteiger partial charge in [0.2, 0.25) is 0 Å². The van der Waals surface area contributed by atoms with Gasteiger partial charge < -0.3 is 14.9 Å². The highest BCUT2D eigenvalue weighted by molar-refractivity contribution is 6.20. The molecule has 1 heterocycles. The molecule has 0 saturated carbocycles. The SMILES string of the molecule is COc1cc([C@H]2C(C(=O)/C=C/c3ccccc3)=C(O)C(=O)N2c2ccccc2C)ccc1O. The maximum Gasteiger partial charge on any atom is 0.294 e. The van der Waals surface area contributed by atoms with Crippen molar-refractivity contribution in [3.05, 3.63) is 107 Å². The van der Waals surface area contributed by atoms with Crippen LogP contribution in [-0.4, -0.2) is 29.0 Å². The van der Waals surface area contributed by atoms with Gasteiger partial charge in [-0.05, 0) is 47.9 Å². The lowest BCUT2D eigenvalue weighted by Gasteiger charge is -2.28. The van der Waals surface area contributed by atoms with Crippen LogP contribution < -0.4 is 9.64 Å². The van der Waals surface area contributed by atoms with E-state index in [0.29, 0.717) is 11.3 Å². The molecule has 0 unspecified atom stereocenters. The molecule has 2 N–H and O–H groups in total. The molecule has 0 saturated heterocycles. The number of allylic oxidation sites excluding steroid dienone is 1. The Kier molecular flexibility index (Phi) is 6.00. The van der Waals surface area contributed by atoms with E-state index in [9.17, 15) is 19.8 Å². The first-order chi connectivity index (χ1) is 15.9. The predicted octanol–water partition coefficient (Wildman–Crippen LogP) is 4.89. The summed E-state index contributed by atoms with van der Waals surface area (Å²) in [6.45, 7) is 1.85. The number of nitrogens with zero attached hydrogens (tertiary/aromatic N) is 1. The van der Waals surface area contributed by atoms with E-state index in [1.54, 1.807) is 30.3 Å². The molecule has 1 atom stereocenters. The minimum absolute atomic E-state index is 0.0387. The number of methoxy groups -OCH3 is 1. The monoisotopic (exact) mass is 441 g/mol. The second kappa shape index (κ2) is 9.04. The van der Waals surface area contributed by atoms with Gasteiger partial charge in [-0.25, -0.2) is 0 Å². The molecule has 0 bridgehead atoms. The van der Waals surface area contributed by atoms with Crippen molar-refractivity contribution in [3.8, 4) is 11.5 Å². The van der Waals surface area contributed by atoms with Gasteiger partial charge in [-0.15, -0.1) is 0 Å². The van der Waals surface area contributed by atoms with Crippen molar-refractivity contribution in [3.63, 3.8) is 0 Å². The molecule has 0 aromatic heterocycles. The molecule has 6 heteroatoms. The van der Waals surface area contributed by atoms with Crippen LogP contribution in [0.2, 0.25) is 0 Å². The summed E-state index contributed by atoms with van der Waals surface area (Å²) in [7, 11) is 1.42. The van der Waals surface area contributed by atoms with E-state index in [-0.39, 0.29) is 17.1 Å². The molecule has 1 aliphatic heterocycles. The van der Waals surface area contributed by atoms with Crippen molar-refractivity contribution in [1.82, 2.24) is 0 Å². The second-order valence-electron chi connectivity index (χ2n) is 7.67. The van der Waals surface area contributed by atoms with Crippen LogP contribution in [0.5, 0.6) is 11.5 Å². The molecular formula is C27H23NO5. The van der Waals surface area contributed by atoms with E-state index in [2.05, 4.69) is 0 Å². The van der Waals surface area contributed by atoms with E-state index in [4.69, 9.17) is 4.74 Å². The Balaban J connectivity index is 1.84. The fourth-order valence-electron chi connectivity index (χ4n) is 3.94. The van der Waals surface area contributed by atoms with Gasteiger partial charge in [0.15, 0.2) is 23.0 Å². The molecule has 3 aromatic rings. The third-order valence-electron chi connectivity index (χ3n) is 5.59. The number of para-hydroxylation sites is 1. The Morgan fingerprint density at radius 2 is 1.70 bits per heavy atom. The highest BCUT2D eigenvalue weighted by Gasteiger charge is 2.44. The molecule has 0 fully saturated rings. The van der Waals surface area contributed by atoms with Crippen LogP contribution >= 0.6 is 0 Å². The largest absolute Gasteiger partial charge is 0.504 e. The summed E-state index contributed by atoms with van der Waals surface area (Å²) in [5.74, 6) is -1.63. The molecule has 3 aromatic carbocycles. The number of carbonyl (C=O) groups is 2. The number of phenolic OH excluding ortho intramolecular Hbond substituents is 1. The lowest BCUT2D eigenvalue weighted by molar-refractivity contribution is -0.117. The molecule has 33 heavy (non-hydrogen) atoms. The first-order valence-electron chi connectivity index (χ1n) is 10.4. The van der Waals surface area contributed by atoms with Crippen LogP contribution in [0.3, 0.4) is 0 Å². The maximum atomic E-state index is 13.3. The summed E-state index contributed by atoms with van der Waals surface area (Å²) in [4.78, 5) is 27.9. The van der Waals surface area contributed by atoms with Gasteiger partial charge in [0.1, 0.15) is 0 Å². The van der Waals surface area contributed by atoms with E-state index >= 15 is 0 Å². The van der Waals surface area contributed by atoms with Crippen molar-refractivity contribution in [2.24, 2.45) is 0 Å². The highest BCUT2D eigenvalue weighted by Crippen LogP contribution is 2.43. The number of phenols is 1. The number of benzene rings is 3. The summed E-state index contributed by atoms with van der Waals surface area (Å²) in [6, 6.07) is 20.2. The van der Waals surface area contributed by atoms with Crippen LogP contribution in [0.4, 0.5) is 5.69 Å². The summed E-state index contributed by atoms with van der Waals surface area (Å²) >= 11 is 0. The van der Waals surface area contributed by atoms with Gasteiger partial charge in [0.25, 0.3) is 5.91 Å². The molecular weight excluding hydrogens is 418 g/mol. The van der Waals surface area contributed by atoms with Crippen molar-refractivity contribution in [2.75, 3.05) is 12.0 Å². The van der Waals surface area contributed by atoms with Crippen molar-refractivity contribution in [2.45, 2.75) is 13.0 Å². The molecule has 6 nitrogen and oxygen atoms in total. The second-order valence-corrected chi connectivity index (χ2v) is 7.67. The fraction of sp³-hybridized carbons (Fsp3) is 0.111. The minimum Gasteiger partial charge on any atom is -0.504 e. The van der Waals surface area contributed by atoms with Crippen molar-refractivity contribution < 1.29 is 24.5 Å². The number of hydrogen-bond donors (Lipinski definition) is 2. The number of anilines is 1. The van der Waals surface area contributed by atoms with Gasteiger partial charge in [0.05, 0.1) is 18.7 Å². The lowest BCUT2D eigenvalue weighted by atomic mass is 9.94. The highest BCUT2D eigenvalue weighted by atomic mass is 16.5. The van der Waals surface area contributed by atoms with Crippen LogP contribution in [-0.2, 0) is 9.59 Å². The summed E-state index contributed by atoms with van der Waals surface area (Å²) < 4.78 is 5.23. The number of carbonyl (C=O) groups excluding carboxylic acids is 2. The number of hydrogen-bond acceptors (Lipinski definition) is 5. The topological polar surface area (TPSA) is 87.1 Å². The molecule has 1 amide bonds. The Labute approximate surface area is 191 Å². The fourth-order valence-corrected chi connectivity index (χ4v) is 3.94. The Hall–Kier alpha value is -4.32. The van der Waals surface area contributed by atoms with Gasteiger partial charge in [-0.1, -0.05) is 60.7 Å². The van der Waals surface area contributed by atoms with Crippen LogP contribution in [0, 0.1) is 6.92 Å². The third kappa shape index (κ3) is 4.11. The van der Waals surface area contributed by atoms with Crippen LogP contribution in [0.15, 0.2) is 90.2 Å². The van der Waals surface area contributed by atoms with Gasteiger partial charge in [-0.3, -0.25) is 14.5 Å². The van der Waals surface area contributed by atoms with Crippen molar-refractivity contribution >= 4 is 23.5 Å². The summed E-state index contributed by atoms with van der Waals surface area (Å²) in [5, 5.41) is 20.9. The quantitative estimate of drug-likeness (QED) is 0.532. The number of aliphatic hydroxyl groups is 1. The van der Waals surface area contributed by atoms with Gasteiger partial charge >= 0.3 is 0 Å². The number of aliphatic hydroxyl groups excluding tert-OH is 1. The molecule has 4 rings (SSSR count). The Morgan fingerprint density at radius 3 is 2.39 bits per heavy atom. The smallest absolute Gasteiger partial charge is 0.294 e. The van der Waals surface area contributed by atoms with Gasteiger partial charge in [-0.2, -0.15) is 0 Å². The normalized spacial score (nSPS) is 16.0. The molecule has 0 radical (unpaired) electrons. The lowest BCUT2D eigenvalue weighted by Crippen LogP contribution is -2.31. The van der Waals surface area contributed by atoms with Crippen LogP contribution in [0.1, 0.15) is 22.7 Å². The summed E-state index contributed by atoms with van der Waals surface area (Å²) in [6.07, 6.45) is 2.98. The molecule has 166 valence electrons. The number of ketones is 1. The molecule has 1 aliphatic rings. The Morgan fingerprint density at radius 1 is 1.00 bits per heavy atom. The number of rotatable bonds is 6. The van der Waals surface area contributed by atoms with Gasteiger partial charge in [0, 0.05) is 5.69 Å². The predicted molar refractivity (Wildman–Crippen MR) is 126 cm³/mol. The average Bonchev–Trinajstić information content (AvgIpc) is 3.09. The zero-order chi connectivity index (χ0) is 23.5. The van der Waals surface area contributed by atoms with E-state index in [1.807, 2.05) is 49.4 Å². The zero-order valence-electron chi connectivity index (χ0n) is 18.2. The first kappa shape index (κ1) is 21.9. The van der Waals surface area contributed by atoms with E-state index in [1.165, 1.54) is 24.2 Å². The van der Waals surface area contributed by atoms with E-state index < -0.39 is 23.5 Å². The maximum absolute atomic E-state index is 13.3. The minimum atomic E-state index is -0.902. The van der Waals surface area contributed by atoms with Crippen molar-refractivity contribution in [1.29, 1.82) is 0 Å². The number of aromatic hydroxyl groups is 1. The molecule has 0 spiro atoms. The molecule has 0 aliphatic carbocycles. The number of aryl methyl sites for hydroxylation is 1. The first-order valence-corrected chi connectivity index (χ1v) is 10.4. The van der Waals surface area contributed by atoms with E-state index in [0.717, 1.165) is 11.1 Å². The standard InChI is InChI=1S/C27H23NO5/c1-17-8-6-7-11-20(17)28-25(19-13-15-21(29)23(16-19)33-2)24(26(31)27(28)32)22(30)14-12-18-9-4-3-5-10-18/h3-16,25,29,31H,1-2H3/b14-12+/t25-/m0/s1. The summed E-state index contributed by atoms with van der Waals surface area (Å²) in [5.41, 5.74) is 2.67.